The third kappa shape index (κ3) is 2.24. The minimum atomic E-state index is -0.646. The van der Waals surface area contributed by atoms with Crippen molar-refractivity contribution in [2.45, 2.75) is 51.5 Å². The number of carbonyl (C=O) groups is 1. The fourth-order valence-corrected chi connectivity index (χ4v) is 2.95. The van der Waals surface area contributed by atoms with E-state index in [1.807, 2.05) is 0 Å². The van der Waals surface area contributed by atoms with Crippen molar-refractivity contribution in [3.8, 4) is 0 Å². The quantitative estimate of drug-likeness (QED) is 0.771. The van der Waals surface area contributed by atoms with Crippen molar-refractivity contribution in [1.82, 2.24) is 5.32 Å². The Morgan fingerprint density at radius 2 is 2.06 bits per heavy atom. The summed E-state index contributed by atoms with van der Waals surface area (Å²) in [5.74, 6) is 1.01. The normalized spacial score (nSPS) is 39.6. The molecule has 0 aromatic rings. The Balaban J connectivity index is 2.03. The summed E-state index contributed by atoms with van der Waals surface area (Å²) in [7, 11) is 0. The number of nitrogens with one attached hydrogen (secondary N) is 1. The van der Waals surface area contributed by atoms with Gasteiger partial charge in [-0.1, -0.05) is 13.8 Å². The summed E-state index contributed by atoms with van der Waals surface area (Å²) in [6.45, 7) is 5.21. The second-order valence-corrected chi connectivity index (χ2v) is 5.88. The Morgan fingerprint density at radius 3 is 2.56 bits per heavy atom. The zero-order valence-electron chi connectivity index (χ0n) is 10.3. The van der Waals surface area contributed by atoms with Crippen LogP contribution in [-0.2, 0) is 4.79 Å². The summed E-state index contributed by atoms with van der Waals surface area (Å²) in [4.78, 5) is 11.6. The van der Waals surface area contributed by atoms with Crippen LogP contribution in [0.1, 0.15) is 46.0 Å². The lowest BCUT2D eigenvalue weighted by Gasteiger charge is -2.42. The molecule has 0 heterocycles. The molecule has 2 saturated carbocycles. The van der Waals surface area contributed by atoms with Crippen molar-refractivity contribution in [3.63, 3.8) is 0 Å². The van der Waals surface area contributed by atoms with E-state index >= 15 is 0 Å². The number of hydrogen-bond acceptors (Lipinski definition) is 2. The SMILES string of the molecule is CC1CCC(NCC2CC2)(C(=O)O)C(C)C1. The molecule has 0 radical (unpaired) electrons. The second-order valence-electron chi connectivity index (χ2n) is 5.88. The number of aliphatic carboxylic acids is 1. The molecular weight excluding hydrogens is 202 g/mol. The molecule has 16 heavy (non-hydrogen) atoms. The minimum absolute atomic E-state index is 0.243. The van der Waals surface area contributed by atoms with Crippen LogP contribution in [0.15, 0.2) is 0 Å². The highest BCUT2D eigenvalue weighted by Crippen LogP contribution is 2.38. The molecule has 0 aliphatic heterocycles. The highest BCUT2D eigenvalue weighted by Gasteiger charge is 2.46. The van der Waals surface area contributed by atoms with Crippen LogP contribution in [0.4, 0.5) is 0 Å². The molecule has 0 spiro atoms. The van der Waals surface area contributed by atoms with E-state index in [-0.39, 0.29) is 5.92 Å². The van der Waals surface area contributed by atoms with Crippen molar-refractivity contribution in [1.29, 1.82) is 0 Å². The van der Waals surface area contributed by atoms with E-state index in [4.69, 9.17) is 0 Å². The van der Waals surface area contributed by atoms with Crippen LogP contribution in [-0.4, -0.2) is 23.2 Å². The van der Waals surface area contributed by atoms with Crippen LogP contribution >= 0.6 is 0 Å². The summed E-state index contributed by atoms with van der Waals surface area (Å²) >= 11 is 0. The molecule has 0 aromatic carbocycles. The number of hydrogen-bond donors (Lipinski definition) is 2. The van der Waals surface area contributed by atoms with Crippen molar-refractivity contribution >= 4 is 5.97 Å². The van der Waals surface area contributed by atoms with Gasteiger partial charge in [-0.2, -0.15) is 0 Å². The molecule has 3 nitrogen and oxygen atoms in total. The Morgan fingerprint density at radius 1 is 1.38 bits per heavy atom. The third-order valence-electron chi connectivity index (χ3n) is 4.41. The fourth-order valence-electron chi connectivity index (χ4n) is 2.95. The van der Waals surface area contributed by atoms with E-state index in [1.165, 1.54) is 12.8 Å². The molecule has 0 aromatic heterocycles. The molecule has 2 N–H and O–H groups in total. The van der Waals surface area contributed by atoms with E-state index in [0.29, 0.717) is 5.92 Å². The minimum Gasteiger partial charge on any atom is -0.480 e. The van der Waals surface area contributed by atoms with Gasteiger partial charge in [0.1, 0.15) is 5.54 Å². The van der Waals surface area contributed by atoms with Crippen molar-refractivity contribution in [2.24, 2.45) is 17.8 Å². The van der Waals surface area contributed by atoms with Gasteiger partial charge in [0.05, 0.1) is 0 Å². The molecule has 3 atom stereocenters. The lowest BCUT2D eigenvalue weighted by Crippen LogP contribution is -2.59. The molecule has 2 fully saturated rings. The number of carboxylic acid groups (broad SMARTS) is 1. The first kappa shape index (κ1) is 11.9. The fraction of sp³-hybridized carbons (Fsp3) is 0.923. The lowest BCUT2D eigenvalue weighted by atomic mass is 9.70. The summed E-state index contributed by atoms with van der Waals surface area (Å²) in [6, 6.07) is 0. The first-order chi connectivity index (χ1) is 7.54. The van der Waals surface area contributed by atoms with Crippen molar-refractivity contribution < 1.29 is 9.90 Å². The number of carboxylic acids is 1. The van der Waals surface area contributed by atoms with Gasteiger partial charge in [0, 0.05) is 0 Å². The summed E-state index contributed by atoms with van der Waals surface area (Å²) in [5.41, 5.74) is -0.644. The molecule has 2 aliphatic carbocycles. The van der Waals surface area contributed by atoms with Crippen LogP contribution in [0.2, 0.25) is 0 Å². The summed E-state index contributed by atoms with van der Waals surface area (Å²) in [5, 5.41) is 12.9. The predicted octanol–water partition coefficient (Wildman–Crippen LogP) is 2.27. The molecule has 3 unspecified atom stereocenters. The zero-order chi connectivity index (χ0) is 11.8. The smallest absolute Gasteiger partial charge is 0.324 e. The Bertz CT molecular complexity index is 275. The average molecular weight is 225 g/mol. The van der Waals surface area contributed by atoms with Gasteiger partial charge in [-0.3, -0.25) is 4.79 Å². The molecule has 2 aliphatic rings. The van der Waals surface area contributed by atoms with Gasteiger partial charge in [-0.05, 0) is 56.4 Å². The maximum Gasteiger partial charge on any atom is 0.324 e. The predicted molar refractivity (Wildman–Crippen MR) is 63.3 cm³/mol. The highest BCUT2D eigenvalue weighted by molar-refractivity contribution is 5.79. The van der Waals surface area contributed by atoms with Crippen molar-refractivity contribution in [3.05, 3.63) is 0 Å². The third-order valence-corrected chi connectivity index (χ3v) is 4.41. The van der Waals surface area contributed by atoms with Crippen LogP contribution in [0.25, 0.3) is 0 Å². The molecule has 2 rings (SSSR count). The van der Waals surface area contributed by atoms with Crippen molar-refractivity contribution in [2.75, 3.05) is 6.54 Å². The van der Waals surface area contributed by atoms with Crippen LogP contribution < -0.4 is 5.32 Å². The monoisotopic (exact) mass is 225 g/mol. The van der Waals surface area contributed by atoms with E-state index in [9.17, 15) is 9.90 Å². The Hall–Kier alpha value is -0.570. The topological polar surface area (TPSA) is 49.3 Å². The summed E-state index contributed by atoms with van der Waals surface area (Å²) in [6.07, 6.45) is 5.40. The van der Waals surface area contributed by atoms with E-state index < -0.39 is 11.5 Å². The van der Waals surface area contributed by atoms with E-state index in [2.05, 4.69) is 19.2 Å². The highest BCUT2D eigenvalue weighted by atomic mass is 16.4. The average Bonchev–Trinajstić information content (AvgIpc) is 3.00. The first-order valence-corrected chi connectivity index (χ1v) is 6.53. The van der Waals surface area contributed by atoms with Gasteiger partial charge >= 0.3 is 5.97 Å². The molecule has 0 saturated heterocycles. The number of rotatable bonds is 4. The van der Waals surface area contributed by atoms with Gasteiger partial charge in [0.25, 0.3) is 0 Å². The Kier molecular flexibility index (Phi) is 3.24. The summed E-state index contributed by atoms with van der Waals surface area (Å²) < 4.78 is 0. The second kappa shape index (κ2) is 4.36. The van der Waals surface area contributed by atoms with Gasteiger partial charge in [-0.15, -0.1) is 0 Å². The molecule has 3 heteroatoms. The molecule has 0 amide bonds. The van der Waals surface area contributed by atoms with Gasteiger partial charge < -0.3 is 10.4 Å². The van der Waals surface area contributed by atoms with E-state index in [0.717, 1.165) is 31.7 Å². The molecular formula is C13H23NO2. The largest absolute Gasteiger partial charge is 0.480 e. The van der Waals surface area contributed by atoms with Gasteiger partial charge in [-0.25, -0.2) is 0 Å². The van der Waals surface area contributed by atoms with Crippen LogP contribution in [0.3, 0.4) is 0 Å². The maximum atomic E-state index is 11.6. The molecule has 92 valence electrons. The van der Waals surface area contributed by atoms with Crippen LogP contribution in [0, 0.1) is 17.8 Å². The maximum absolute atomic E-state index is 11.6. The van der Waals surface area contributed by atoms with Crippen LogP contribution in [0.5, 0.6) is 0 Å². The van der Waals surface area contributed by atoms with Gasteiger partial charge in [0.15, 0.2) is 0 Å². The zero-order valence-corrected chi connectivity index (χ0v) is 10.3. The molecule has 0 bridgehead atoms. The van der Waals surface area contributed by atoms with Gasteiger partial charge in [0.2, 0.25) is 0 Å². The first-order valence-electron chi connectivity index (χ1n) is 6.53. The Labute approximate surface area is 97.6 Å². The lowest BCUT2D eigenvalue weighted by molar-refractivity contribution is -0.149. The standard InChI is InChI=1S/C13H23NO2/c1-9-5-6-13(12(15)16,10(2)7-9)14-8-11-3-4-11/h9-11,14H,3-8H2,1-2H3,(H,15,16). The van der Waals surface area contributed by atoms with E-state index in [1.54, 1.807) is 0 Å².